The van der Waals surface area contributed by atoms with Gasteiger partial charge in [0.15, 0.2) is 0 Å². The highest BCUT2D eigenvalue weighted by molar-refractivity contribution is 5.77. The van der Waals surface area contributed by atoms with Crippen molar-refractivity contribution in [1.29, 1.82) is 0 Å². The molecule has 0 aliphatic heterocycles. The molecule has 0 unspecified atom stereocenters. The van der Waals surface area contributed by atoms with Gasteiger partial charge in [-0.2, -0.15) is 0 Å². The minimum absolute atomic E-state index is 0.0319. The van der Waals surface area contributed by atoms with Crippen LogP contribution in [0.3, 0.4) is 0 Å². The number of Topliss-reactive ketones (excluding diaryl/α,β-unsaturated/α-hetero) is 1. The number of hydrogen-bond acceptors (Lipinski definition) is 4. The minimum Gasteiger partial charge on any atom is -0.481 e. The molecule has 0 fully saturated rings. The Bertz CT molecular complexity index is 379. The summed E-state index contributed by atoms with van der Waals surface area (Å²) in [7, 11) is 0. The SMILES string of the molecule is CC(=O)CN(CCC(=O)O)Cc1ccncc1. The lowest BCUT2D eigenvalue weighted by atomic mass is 10.2. The zero-order valence-electron chi connectivity index (χ0n) is 9.80. The molecule has 0 bridgehead atoms. The van der Waals surface area contributed by atoms with Crippen LogP contribution in [0.5, 0.6) is 0 Å². The van der Waals surface area contributed by atoms with E-state index < -0.39 is 5.97 Å². The largest absolute Gasteiger partial charge is 0.481 e. The lowest BCUT2D eigenvalue weighted by Gasteiger charge is -2.19. The van der Waals surface area contributed by atoms with Crippen molar-refractivity contribution in [1.82, 2.24) is 9.88 Å². The lowest BCUT2D eigenvalue weighted by molar-refractivity contribution is -0.137. The van der Waals surface area contributed by atoms with Crippen LogP contribution < -0.4 is 0 Å². The number of carbonyl (C=O) groups is 2. The molecule has 1 aromatic heterocycles. The summed E-state index contributed by atoms with van der Waals surface area (Å²) in [6, 6.07) is 3.71. The van der Waals surface area contributed by atoms with Crippen LogP contribution in [0.15, 0.2) is 24.5 Å². The third kappa shape index (κ3) is 5.77. The van der Waals surface area contributed by atoms with Crippen LogP contribution in [0.25, 0.3) is 0 Å². The normalized spacial score (nSPS) is 10.5. The Morgan fingerprint density at radius 2 is 2.00 bits per heavy atom. The van der Waals surface area contributed by atoms with Gasteiger partial charge in [0.1, 0.15) is 5.78 Å². The standard InChI is InChI=1S/C12H16N2O3/c1-10(15)8-14(7-4-12(16)17)9-11-2-5-13-6-3-11/h2-3,5-6H,4,7-9H2,1H3,(H,16,17). The van der Waals surface area contributed by atoms with E-state index in [0.29, 0.717) is 13.1 Å². The molecule has 5 heteroatoms. The Kier molecular flexibility index (Phi) is 5.29. The van der Waals surface area contributed by atoms with Crippen LogP contribution in [0, 0.1) is 0 Å². The van der Waals surface area contributed by atoms with Crippen molar-refractivity contribution < 1.29 is 14.7 Å². The van der Waals surface area contributed by atoms with Gasteiger partial charge in [0.25, 0.3) is 0 Å². The molecule has 0 aliphatic carbocycles. The highest BCUT2D eigenvalue weighted by Gasteiger charge is 2.10. The van der Waals surface area contributed by atoms with Crippen molar-refractivity contribution in [2.45, 2.75) is 19.9 Å². The molecule has 0 saturated heterocycles. The van der Waals surface area contributed by atoms with Crippen LogP contribution >= 0.6 is 0 Å². The van der Waals surface area contributed by atoms with E-state index in [-0.39, 0.29) is 18.7 Å². The van der Waals surface area contributed by atoms with E-state index in [1.54, 1.807) is 12.4 Å². The maximum atomic E-state index is 11.1. The van der Waals surface area contributed by atoms with E-state index in [9.17, 15) is 9.59 Å². The average Bonchev–Trinajstić information content (AvgIpc) is 2.26. The van der Waals surface area contributed by atoms with Gasteiger partial charge in [-0.1, -0.05) is 0 Å². The van der Waals surface area contributed by atoms with Crippen molar-refractivity contribution in [2.75, 3.05) is 13.1 Å². The molecule has 92 valence electrons. The summed E-state index contributed by atoms with van der Waals surface area (Å²) < 4.78 is 0. The second-order valence-corrected chi connectivity index (χ2v) is 3.91. The minimum atomic E-state index is -0.853. The predicted molar refractivity (Wildman–Crippen MR) is 62.4 cm³/mol. The highest BCUT2D eigenvalue weighted by atomic mass is 16.4. The second kappa shape index (κ2) is 6.75. The molecule has 0 atom stereocenters. The summed E-state index contributed by atoms with van der Waals surface area (Å²) in [6.45, 7) is 2.71. The van der Waals surface area contributed by atoms with E-state index in [0.717, 1.165) is 5.56 Å². The number of carboxylic acid groups (broad SMARTS) is 1. The van der Waals surface area contributed by atoms with Crippen molar-refractivity contribution in [2.24, 2.45) is 0 Å². The van der Waals surface area contributed by atoms with Gasteiger partial charge in [-0.3, -0.25) is 19.5 Å². The zero-order valence-corrected chi connectivity index (χ0v) is 9.80. The molecule has 1 heterocycles. The first-order valence-electron chi connectivity index (χ1n) is 5.40. The fraction of sp³-hybridized carbons (Fsp3) is 0.417. The number of aliphatic carboxylic acids is 1. The monoisotopic (exact) mass is 236 g/mol. The molecule has 0 saturated carbocycles. The number of nitrogens with zero attached hydrogens (tertiary/aromatic N) is 2. The third-order valence-electron chi connectivity index (χ3n) is 2.24. The van der Waals surface area contributed by atoms with Crippen LogP contribution in [0.4, 0.5) is 0 Å². The molecule has 0 aliphatic rings. The van der Waals surface area contributed by atoms with Gasteiger partial charge in [0.05, 0.1) is 13.0 Å². The van der Waals surface area contributed by atoms with Gasteiger partial charge < -0.3 is 5.11 Å². The Hall–Kier alpha value is -1.75. The summed E-state index contributed by atoms with van der Waals surface area (Å²) in [6.07, 6.45) is 3.40. The number of hydrogen-bond donors (Lipinski definition) is 1. The van der Waals surface area contributed by atoms with E-state index in [1.165, 1.54) is 6.92 Å². The molecular formula is C12H16N2O3. The lowest BCUT2D eigenvalue weighted by Crippen LogP contribution is -2.30. The molecule has 1 N–H and O–H groups in total. The van der Waals surface area contributed by atoms with Crippen LogP contribution in [0.1, 0.15) is 18.9 Å². The molecule has 0 radical (unpaired) electrons. The number of aromatic nitrogens is 1. The number of carbonyl (C=O) groups excluding carboxylic acids is 1. The van der Waals surface area contributed by atoms with Gasteiger partial charge in [-0.25, -0.2) is 0 Å². The topological polar surface area (TPSA) is 70.5 Å². The molecule has 17 heavy (non-hydrogen) atoms. The van der Waals surface area contributed by atoms with Crippen molar-refractivity contribution in [3.05, 3.63) is 30.1 Å². The first-order chi connectivity index (χ1) is 8.08. The smallest absolute Gasteiger partial charge is 0.304 e. The maximum absolute atomic E-state index is 11.1. The summed E-state index contributed by atoms with van der Waals surface area (Å²) in [5.41, 5.74) is 1.02. The quantitative estimate of drug-likeness (QED) is 0.763. The Labute approximate surface area is 100 Å². The van der Waals surface area contributed by atoms with E-state index >= 15 is 0 Å². The summed E-state index contributed by atoms with van der Waals surface area (Å²) in [4.78, 5) is 27.3. The average molecular weight is 236 g/mol. The fourth-order valence-corrected chi connectivity index (χ4v) is 1.53. The van der Waals surface area contributed by atoms with Gasteiger partial charge in [-0.05, 0) is 24.6 Å². The molecule has 5 nitrogen and oxygen atoms in total. The molecule has 0 aromatic carbocycles. The molecular weight excluding hydrogens is 220 g/mol. The number of carboxylic acids is 1. The first kappa shape index (κ1) is 13.3. The van der Waals surface area contributed by atoms with Gasteiger partial charge in [-0.15, -0.1) is 0 Å². The Morgan fingerprint density at radius 1 is 1.35 bits per heavy atom. The molecule has 1 rings (SSSR count). The molecule has 1 aromatic rings. The Morgan fingerprint density at radius 3 is 2.53 bits per heavy atom. The molecule has 0 amide bonds. The van der Waals surface area contributed by atoms with Crippen molar-refractivity contribution in [3.63, 3.8) is 0 Å². The van der Waals surface area contributed by atoms with E-state index in [4.69, 9.17) is 5.11 Å². The predicted octanol–water partition coefficient (Wildman–Crippen LogP) is 0.947. The maximum Gasteiger partial charge on any atom is 0.304 e. The van der Waals surface area contributed by atoms with Crippen LogP contribution in [-0.2, 0) is 16.1 Å². The van der Waals surface area contributed by atoms with Crippen molar-refractivity contribution >= 4 is 11.8 Å². The third-order valence-corrected chi connectivity index (χ3v) is 2.24. The first-order valence-corrected chi connectivity index (χ1v) is 5.40. The number of pyridine rings is 1. The van der Waals surface area contributed by atoms with Crippen LogP contribution in [0.2, 0.25) is 0 Å². The number of rotatable bonds is 7. The Balaban J connectivity index is 2.56. The summed E-state index contributed by atoms with van der Waals surface area (Å²) in [5, 5.41) is 8.64. The summed E-state index contributed by atoms with van der Waals surface area (Å²) >= 11 is 0. The summed E-state index contributed by atoms with van der Waals surface area (Å²) in [5.74, 6) is -0.822. The molecule has 0 spiro atoms. The fourth-order valence-electron chi connectivity index (χ4n) is 1.53. The van der Waals surface area contributed by atoms with Gasteiger partial charge in [0, 0.05) is 25.5 Å². The highest BCUT2D eigenvalue weighted by Crippen LogP contribution is 2.04. The van der Waals surface area contributed by atoms with E-state index in [1.807, 2.05) is 17.0 Å². The van der Waals surface area contributed by atoms with Gasteiger partial charge >= 0.3 is 5.97 Å². The van der Waals surface area contributed by atoms with E-state index in [2.05, 4.69) is 4.98 Å². The zero-order chi connectivity index (χ0) is 12.7. The number of ketones is 1. The van der Waals surface area contributed by atoms with Crippen molar-refractivity contribution in [3.8, 4) is 0 Å². The van der Waals surface area contributed by atoms with Gasteiger partial charge in [0.2, 0.25) is 0 Å². The van der Waals surface area contributed by atoms with Crippen LogP contribution in [-0.4, -0.2) is 39.8 Å². The second-order valence-electron chi connectivity index (χ2n) is 3.91.